The number of halogens is 2. The Labute approximate surface area is 147 Å². The number of carbonyl (C=O) groups is 1. The number of hydrogen-bond acceptors (Lipinski definition) is 4. The van der Waals surface area contributed by atoms with E-state index in [9.17, 15) is 17.6 Å². The molecule has 2 aromatic rings. The zero-order valence-corrected chi connectivity index (χ0v) is 14.9. The lowest BCUT2D eigenvalue weighted by Gasteiger charge is -2.10. The summed E-state index contributed by atoms with van der Waals surface area (Å²) >= 11 is 3.10. The Hall–Kier alpha value is -2.13. The zero-order valence-electron chi connectivity index (χ0n) is 12.5. The van der Waals surface area contributed by atoms with Crippen LogP contribution in [0.15, 0.2) is 51.8 Å². The second-order valence-corrected chi connectivity index (χ2v) is 7.20. The van der Waals surface area contributed by atoms with Gasteiger partial charge in [-0.2, -0.15) is 0 Å². The molecule has 6 nitrogen and oxygen atoms in total. The minimum atomic E-state index is -3.95. The first-order valence-corrected chi connectivity index (χ1v) is 9.11. The maximum atomic E-state index is 13.8. The zero-order chi connectivity index (χ0) is 17.7. The minimum absolute atomic E-state index is 0.0702. The summed E-state index contributed by atoms with van der Waals surface area (Å²) in [4.78, 5) is 11.2. The molecule has 0 saturated carbocycles. The van der Waals surface area contributed by atoms with Crippen molar-refractivity contribution in [1.29, 1.82) is 0 Å². The number of anilines is 2. The summed E-state index contributed by atoms with van der Waals surface area (Å²) in [6, 6.07) is 9.39. The van der Waals surface area contributed by atoms with Crippen LogP contribution in [0.1, 0.15) is 6.92 Å². The molecule has 1 amide bonds. The maximum Gasteiger partial charge on any atom is 0.411 e. The van der Waals surface area contributed by atoms with Gasteiger partial charge in [0.2, 0.25) is 0 Å². The van der Waals surface area contributed by atoms with Crippen molar-refractivity contribution in [2.75, 3.05) is 16.6 Å². The van der Waals surface area contributed by atoms with E-state index < -0.39 is 21.9 Å². The molecule has 2 N–H and O–H groups in total. The van der Waals surface area contributed by atoms with E-state index >= 15 is 0 Å². The molecule has 0 spiro atoms. The van der Waals surface area contributed by atoms with Gasteiger partial charge in [0.05, 0.1) is 17.2 Å². The predicted molar refractivity (Wildman–Crippen MR) is 92.0 cm³/mol. The molecular weight excluding hydrogens is 403 g/mol. The van der Waals surface area contributed by atoms with Gasteiger partial charge in [0.15, 0.2) is 0 Å². The molecule has 0 aliphatic carbocycles. The van der Waals surface area contributed by atoms with Crippen LogP contribution in [0.25, 0.3) is 0 Å². The molecule has 0 fully saturated rings. The smallest absolute Gasteiger partial charge is 0.411 e. The molecule has 0 heterocycles. The molecule has 2 rings (SSSR count). The highest BCUT2D eigenvalue weighted by atomic mass is 79.9. The van der Waals surface area contributed by atoms with Gasteiger partial charge in [0.1, 0.15) is 5.82 Å². The van der Waals surface area contributed by atoms with Crippen LogP contribution in [-0.2, 0) is 14.8 Å². The number of sulfonamides is 1. The Morgan fingerprint density at radius 1 is 1.21 bits per heavy atom. The summed E-state index contributed by atoms with van der Waals surface area (Å²) in [5, 5.41) is 2.44. The second kappa shape index (κ2) is 7.63. The van der Waals surface area contributed by atoms with Gasteiger partial charge >= 0.3 is 6.09 Å². The summed E-state index contributed by atoms with van der Waals surface area (Å²) in [6.45, 7) is 1.89. The van der Waals surface area contributed by atoms with E-state index in [-0.39, 0.29) is 17.2 Å². The molecule has 0 aliphatic rings. The third kappa shape index (κ3) is 4.68. The Kier molecular flexibility index (Phi) is 5.79. The van der Waals surface area contributed by atoms with Crippen LogP contribution in [-0.4, -0.2) is 21.1 Å². The van der Waals surface area contributed by atoms with Crippen molar-refractivity contribution in [2.24, 2.45) is 0 Å². The summed E-state index contributed by atoms with van der Waals surface area (Å²) in [5.74, 6) is -0.700. The average Bonchev–Trinajstić information content (AvgIpc) is 2.51. The molecule has 9 heteroatoms. The number of benzene rings is 2. The Bertz CT molecular complexity index is 841. The van der Waals surface area contributed by atoms with Crippen molar-refractivity contribution in [1.82, 2.24) is 0 Å². The first-order chi connectivity index (χ1) is 11.3. The second-order valence-electron chi connectivity index (χ2n) is 4.60. The molecule has 128 valence electrons. The van der Waals surface area contributed by atoms with Gasteiger partial charge in [-0.15, -0.1) is 0 Å². The molecule has 0 aromatic heterocycles. The molecule has 0 radical (unpaired) electrons. The lowest BCUT2D eigenvalue weighted by molar-refractivity contribution is 0.168. The SMILES string of the molecule is CCOC(=O)Nc1ccc(S(=O)(=O)Nc2ccc(Br)cc2F)cc1. The van der Waals surface area contributed by atoms with Crippen LogP contribution >= 0.6 is 15.9 Å². The summed E-state index contributed by atoms with van der Waals surface area (Å²) in [7, 11) is -3.95. The standard InChI is InChI=1S/C15H14BrFN2O4S/c1-2-23-15(20)18-11-4-6-12(7-5-11)24(21,22)19-14-8-3-10(16)9-13(14)17/h3-9,19H,2H2,1H3,(H,18,20). The molecule has 0 bridgehead atoms. The van der Waals surface area contributed by atoms with Crippen LogP contribution in [0.2, 0.25) is 0 Å². The maximum absolute atomic E-state index is 13.8. The Morgan fingerprint density at radius 2 is 1.88 bits per heavy atom. The van der Waals surface area contributed by atoms with Gasteiger partial charge in [0.25, 0.3) is 10.0 Å². The van der Waals surface area contributed by atoms with Gasteiger partial charge in [-0.05, 0) is 49.4 Å². The number of hydrogen-bond donors (Lipinski definition) is 2. The Balaban J connectivity index is 2.16. The van der Waals surface area contributed by atoms with Crippen LogP contribution in [0.5, 0.6) is 0 Å². The summed E-state index contributed by atoms with van der Waals surface area (Å²) in [5.41, 5.74) is 0.217. The van der Waals surface area contributed by atoms with Crippen molar-refractivity contribution in [3.63, 3.8) is 0 Å². The van der Waals surface area contributed by atoms with Crippen molar-refractivity contribution in [2.45, 2.75) is 11.8 Å². The lowest BCUT2D eigenvalue weighted by atomic mass is 10.3. The molecule has 2 aromatic carbocycles. The van der Waals surface area contributed by atoms with E-state index in [0.717, 1.165) is 6.07 Å². The predicted octanol–water partition coefficient (Wildman–Crippen LogP) is 3.96. The fraction of sp³-hybridized carbons (Fsp3) is 0.133. The largest absolute Gasteiger partial charge is 0.450 e. The molecule has 24 heavy (non-hydrogen) atoms. The third-order valence-corrected chi connectivity index (χ3v) is 4.74. The number of nitrogens with one attached hydrogen (secondary N) is 2. The van der Waals surface area contributed by atoms with Crippen molar-refractivity contribution in [3.8, 4) is 0 Å². The van der Waals surface area contributed by atoms with E-state index in [2.05, 4.69) is 26.0 Å². The Morgan fingerprint density at radius 3 is 2.46 bits per heavy atom. The van der Waals surface area contributed by atoms with E-state index in [1.807, 2.05) is 0 Å². The molecule has 0 atom stereocenters. The minimum Gasteiger partial charge on any atom is -0.450 e. The number of amides is 1. The molecule has 0 saturated heterocycles. The van der Waals surface area contributed by atoms with Crippen LogP contribution in [0, 0.1) is 5.82 Å². The van der Waals surface area contributed by atoms with Crippen molar-refractivity contribution >= 4 is 43.4 Å². The number of carbonyl (C=O) groups excluding carboxylic acids is 1. The quantitative estimate of drug-likeness (QED) is 0.772. The normalized spacial score (nSPS) is 11.0. The average molecular weight is 417 g/mol. The summed E-state index contributed by atoms with van der Waals surface area (Å²) < 4.78 is 45.7. The van der Waals surface area contributed by atoms with Gasteiger partial charge < -0.3 is 4.74 Å². The van der Waals surface area contributed by atoms with E-state index in [0.29, 0.717) is 10.2 Å². The van der Waals surface area contributed by atoms with Crippen molar-refractivity contribution < 1.29 is 22.3 Å². The topological polar surface area (TPSA) is 84.5 Å². The first-order valence-electron chi connectivity index (χ1n) is 6.83. The van der Waals surface area contributed by atoms with E-state index in [1.165, 1.54) is 36.4 Å². The molecule has 0 aliphatic heterocycles. The highest BCUT2D eigenvalue weighted by molar-refractivity contribution is 9.10. The van der Waals surface area contributed by atoms with Crippen LogP contribution < -0.4 is 10.0 Å². The first kappa shape index (κ1) is 18.2. The highest BCUT2D eigenvalue weighted by Gasteiger charge is 2.16. The van der Waals surface area contributed by atoms with Gasteiger partial charge in [0, 0.05) is 10.2 Å². The number of ether oxygens (including phenoxy) is 1. The molecule has 0 unspecified atom stereocenters. The fourth-order valence-corrected chi connectivity index (χ4v) is 3.18. The monoisotopic (exact) mass is 416 g/mol. The van der Waals surface area contributed by atoms with Crippen molar-refractivity contribution in [3.05, 3.63) is 52.8 Å². The highest BCUT2D eigenvalue weighted by Crippen LogP contribution is 2.23. The van der Waals surface area contributed by atoms with Gasteiger partial charge in [-0.1, -0.05) is 15.9 Å². The van der Waals surface area contributed by atoms with E-state index in [1.54, 1.807) is 6.92 Å². The third-order valence-electron chi connectivity index (χ3n) is 2.86. The van der Waals surface area contributed by atoms with Crippen LogP contribution in [0.4, 0.5) is 20.6 Å². The van der Waals surface area contributed by atoms with Gasteiger partial charge in [-0.25, -0.2) is 17.6 Å². The number of rotatable bonds is 5. The lowest BCUT2D eigenvalue weighted by Crippen LogP contribution is -2.15. The van der Waals surface area contributed by atoms with E-state index in [4.69, 9.17) is 4.74 Å². The summed E-state index contributed by atoms with van der Waals surface area (Å²) in [6.07, 6.45) is -0.636. The molecular formula is C15H14BrFN2O4S. The fourth-order valence-electron chi connectivity index (χ4n) is 1.78. The van der Waals surface area contributed by atoms with Gasteiger partial charge in [-0.3, -0.25) is 10.0 Å². The van der Waals surface area contributed by atoms with Crippen LogP contribution in [0.3, 0.4) is 0 Å².